The van der Waals surface area contributed by atoms with Crippen LogP contribution >= 0.6 is 0 Å². The highest BCUT2D eigenvalue weighted by Crippen LogP contribution is 2.54. The molecule has 1 heterocycles. The first kappa shape index (κ1) is 32.8. The van der Waals surface area contributed by atoms with E-state index in [1.165, 1.54) is 94.5 Å². The zero-order valence-electron chi connectivity index (χ0n) is 32.2. The fraction of sp³-hybridized carbons (Fsp3) is 0.111. The molecular formula is C54H42N2. The van der Waals surface area contributed by atoms with Gasteiger partial charge in [-0.2, -0.15) is 0 Å². The SMILES string of the molecule is CC1(C)c2ccccc2-c2ccc(N(c3ccccc3)c3ccc4c(c3)C(C)(C)c3cc5c(cc3-4)c3ccccc3n5-c3cccc(-c4ccccc4)c3)cc21. The molecule has 8 aromatic carbocycles. The molecule has 0 atom stereocenters. The lowest BCUT2D eigenvalue weighted by Crippen LogP contribution is -2.18. The van der Waals surface area contributed by atoms with Gasteiger partial charge in [-0.05, 0) is 122 Å². The summed E-state index contributed by atoms with van der Waals surface area (Å²) in [5.74, 6) is 0. The van der Waals surface area contributed by atoms with Gasteiger partial charge in [-0.1, -0.05) is 143 Å². The Morgan fingerprint density at radius 3 is 1.68 bits per heavy atom. The number of rotatable bonds is 5. The molecule has 0 radical (unpaired) electrons. The van der Waals surface area contributed by atoms with Gasteiger partial charge in [-0.25, -0.2) is 0 Å². The number of benzene rings is 8. The van der Waals surface area contributed by atoms with Gasteiger partial charge in [0.2, 0.25) is 0 Å². The van der Waals surface area contributed by atoms with Crippen LogP contribution in [0.3, 0.4) is 0 Å². The molecule has 2 aliphatic carbocycles. The number of anilines is 3. The number of aromatic nitrogens is 1. The van der Waals surface area contributed by atoms with Gasteiger partial charge in [0.15, 0.2) is 0 Å². The maximum Gasteiger partial charge on any atom is 0.0544 e. The summed E-state index contributed by atoms with van der Waals surface area (Å²) in [6.45, 7) is 9.53. The van der Waals surface area contributed by atoms with E-state index in [9.17, 15) is 0 Å². The quantitative estimate of drug-likeness (QED) is 0.172. The molecule has 1 aromatic heterocycles. The normalized spacial score (nSPS) is 14.4. The molecule has 0 unspecified atom stereocenters. The van der Waals surface area contributed by atoms with Crippen molar-refractivity contribution < 1.29 is 0 Å². The van der Waals surface area contributed by atoms with E-state index in [0.717, 1.165) is 5.69 Å². The van der Waals surface area contributed by atoms with Crippen molar-refractivity contribution in [1.82, 2.24) is 4.57 Å². The lowest BCUT2D eigenvalue weighted by atomic mass is 9.82. The Morgan fingerprint density at radius 2 is 0.929 bits per heavy atom. The molecule has 268 valence electrons. The van der Waals surface area contributed by atoms with E-state index in [4.69, 9.17) is 0 Å². The van der Waals surface area contributed by atoms with Crippen molar-refractivity contribution in [2.75, 3.05) is 4.90 Å². The molecular weight excluding hydrogens is 677 g/mol. The largest absolute Gasteiger partial charge is 0.310 e. The van der Waals surface area contributed by atoms with Gasteiger partial charge in [-0.3, -0.25) is 0 Å². The highest BCUT2D eigenvalue weighted by molar-refractivity contribution is 6.12. The van der Waals surface area contributed by atoms with E-state index in [2.05, 4.69) is 219 Å². The summed E-state index contributed by atoms with van der Waals surface area (Å²) in [7, 11) is 0. The summed E-state index contributed by atoms with van der Waals surface area (Å²) in [5, 5.41) is 2.56. The highest BCUT2D eigenvalue weighted by atomic mass is 15.1. The predicted molar refractivity (Wildman–Crippen MR) is 236 cm³/mol. The second-order valence-electron chi connectivity index (χ2n) is 16.6. The van der Waals surface area contributed by atoms with Crippen LogP contribution in [0.1, 0.15) is 49.9 Å². The van der Waals surface area contributed by atoms with Gasteiger partial charge in [0.05, 0.1) is 11.0 Å². The monoisotopic (exact) mass is 718 g/mol. The Balaban J connectivity index is 1.07. The van der Waals surface area contributed by atoms with E-state index in [0.29, 0.717) is 0 Å². The summed E-state index contributed by atoms with van der Waals surface area (Å²) < 4.78 is 2.46. The van der Waals surface area contributed by atoms with E-state index in [1.54, 1.807) is 0 Å². The third kappa shape index (κ3) is 4.69. The van der Waals surface area contributed by atoms with Crippen LogP contribution in [0.2, 0.25) is 0 Å². The molecule has 2 heteroatoms. The van der Waals surface area contributed by atoms with Gasteiger partial charge in [0.25, 0.3) is 0 Å². The molecule has 11 rings (SSSR count). The van der Waals surface area contributed by atoms with Crippen molar-refractivity contribution in [3.8, 4) is 39.1 Å². The molecule has 0 N–H and O–H groups in total. The average Bonchev–Trinajstić information content (AvgIpc) is 3.77. The lowest BCUT2D eigenvalue weighted by molar-refractivity contribution is 0.660. The first-order chi connectivity index (χ1) is 27.3. The van der Waals surface area contributed by atoms with Crippen LogP contribution in [0.5, 0.6) is 0 Å². The maximum absolute atomic E-state index is 2.48. The summed E-state index contributed by atoms with van der Waals surface area (Å²) in [6.07, 6.45) is 0. The van der Waals surface area contributed by atoms with E-state index < -0.39 is 0 Å². The predicted octanol–water partition coefficient (Wildman–Crippen LogP) is 14.5. The topological polar surface area (TPSA) is 8.17 Å². The molecule has 0 aliphatic heterocycles. The van der Waals surface area contributed by atoms with Crippen LogP contribution in [0, 0.1) is 0 Å². The van der Waals surface area contributed by atoms with Crippen molar-refractivity contribution in [2.45, 2.75) is 38.5 Å². The molecule has 0 saturated heterocycles. The van der Waals surface area contributed by atoms with Gasteiger partial charge in [0.1, 0.15) is 0 Å². The first-order valence-electron chi connectivity index (χ1n) is 19.8. The van der Waals surface area contributed by atoms with Crippen molar-refractivity contribution >= 4 is 38.9 Å². The third-order valence-corrected chi connectivity index (χ3v) is 12.8. The number of hydrogen-bond acceptors (Lipinski definition) is 1. The van der Waals surface area contributed by atoms with E-state index in [1.807, 2.05) is 0 Å². The Bertz CT molecular complexity index is 3020. The molecule has 2 aliphatic rings. The van der Waals surface area contributed by atoms with Crippen LogP contribution in [0.25, 0.3) is 60.9 Å². The van der Waals surface area contributed by atoms with Gasteiger partial charge in [0, 0.05) is 44.4 Å². The zero-order valence-corrected chi connectivity index (χ0v) is 32.2. The fourth-order valence-electron chi connectivity index (χ4n) is 9.91. The molecule has 2 nitrogen and oxygen atoms in total. The molecule has 0 saturated carbocycles. The molecule has 0 fully saturated rings. The second kappa shape index (κ2) is 11.9. The maximum atomic E-state index is 2.48. The Morgan fingerprint density at radius 1 is 0.357 bits per heavy atom. The van der Waals surface area contributed by atoms with Gasteiger partial charge >= 0.3 is 0 Å². The number of para-hydroxylation sites is 2. The van der Waals surface area contributed by atoms with E-state index in [-0.39, 0.29) is 10.8 Å². The lowest BCUT2D eigenvalue weighted by Gasteiger charge is -2.29. The van der Waals surface area contributed by atoms with Crippen molar-refractivity contribution in [3.63, 3.8) is 0 Å². The Labute approximate surface area is 328 Å². The Kier molecular flexibility index (Phi) is 6.98. The van der Waals surface area contributed by atoms with Crippen molar-refractivity contribution in [1.29, 1.82) is 0 Å². The van der Waals surface area contributed by atoms with Crippen LogP contribution in [-0.2, 0) is 10.8 Å². The smallest absolute Gasteiger partial charge is 0.0544 e. The Hall–Kier alpha value is -6.64. The summed E-state index contributed by atoms with van der Waals surface area (Å²) >= 11 is 0. The molecule has 56 heavy (non-hydrogen) atoms. The highest BCUT2D eigenvalue weighted by Gasteiger charge is 2.38. The van der Waals surface area contributed by atoms with Crippen LogP contribution < -0.4 is 4.90 Å². The van der Waals surface area contributed by atoms with E-state index >= 15 is 0 Å². The van der Waals surface area contributed by atoms with Crippen LogP contribution in [0.15, 0.2) is 182 Å². The number of fused-ring (bicyclic) bond motifs is 9. The van der Waals surface area contributed by atoms with Gasteiger partial charge < -0.3 is 9.47 Å². The van der Waals surface area contributed by atoms with Crippen LogP contribution in [-0.4, -0.2) is 4.57 Å². The van der Waals surface area contributed by atoms with Crippen LogP contribution in [0.4, 0.5) is 17.1 Å². The fourth-order valence-corrected chi connectivity index (χ4v) is 9.91. The minimum atomic E-state index is -0.216. The molecule has 0 spiro atoms. The summed E-state index contributed by atoms with van der Waals surface area (Å²) in [5.41, 5.74) is 20.1. The number of hydrogen-bond donors (Lipinski definition) is 0. The van der Waals surface area contributed by atoms with Crippen molar-refractivity contribution in [2.24, 2.45) is 0 Å². The van der Waals surface area contributed by atoms with Crippen molar-refractivity contribution in [3.05, 3.63) is 204 Å². The second-order valence-corrected chi connectivity index (χ2v) is 16.6. The molecule has 0 amide bonds. The summed E-state index contributed by atoms with van der Waals surface area (Å²) in [6, 6.07) is 67.4. The van der Waals surface area contributed by atoms with Gasteiger partial charge in [-0.15, -0.1) is 0 Å². The zero-order chi connectivity index (χ0) is 37.8. The number of nitrogens with zero attached hydrogens (tertiary/aromatic N) is 2. The average molecular weight is 719 g/mol. The molecule has 9 aromatic rings. The molecule has 0 bridgehead atoms. The first-order valence-corrected chi connectivity index (χ1v) is 19.8. The standard InChI is InChI=1S/C54H42N2/c1-53(2)47-24-13-11-22-41(47)42-28-26-39(31-48(42)53)55(37-19-9-6-10-20-37)40-27-29-43-45-33-46-44-23-12-14-25-51(44)56(52(46)34-50(45)54(3,4)49(43)32-40)38-21-15-18-36(30-38)35-16-7-5-8-17-35/h5-34H,1-4H3. The summed E-state index contributed by atoms with van der Waals surface area (Å²) in [4.78, 5) is 2.44. The third-order valence-electron chi connectivity index (χ3n) is 12.8. The minimum absolute atomic E-state index is 0.0817. The minimum Gasteiger partial charge on any atom is -0.310 e.